The third kappa shape index (κ3) is 2.35. The summed E-state index contributed by atoms with van der Waals surface area (Å²) in [7, 11) is 0. The fourth-order valence-electron chi connectivity index (χ4n) is 1.61. The zero-order valence-corrected chi connectivity index (χ0v) is 8.93. The molecule has 14 heavy (non-hydrogen) atoms. The second kappa shape index (κ2) is 4.13. The molecule has 0 saturated heterocycles. The van der Waals surface area contributed by atoms with Crippen molar-refractivity contribution < 1.29 is 4.79 Å². The first-order valence-electron chi connectivity index (χ1n) is 4.81. The van der Waals surface area contributed by atoms with Crippen LogP contribution < -0.4 is 0 Å². The number of nitrogens with one attached hydrogen (secondary N) is 1. The Hall–Kier alpha value is -0.840. The maximum atomic E-state index is 11.2. The molecule has 0 aliphatic heterocycles. The average Bonchev–Trinajstić information content (AvgIpc) is 2.51. The summed E-state index contributed by atoms with van der Waals surface area (Å²) in [4.78, 5) is 15.4. The van der Waals surface area contributed by atoms with E-state index < -0.39 is 0 Å². The van der Waals surface area contributed by atoms with Gasteiger partial charge in [0.1, 0.15) is 11.6 Å². The summed E-state index contributed by atoms with van der Waals surface area (Å²) in [5, 5.41) is 8.00. The number of aromatic nitrogens is 3. The normalized spacial score (nSPS) is 22.6. The molecular weight excluding hydrogens is 198 g/mol. The van der Waals surface area contributed by atoms with E-state index in [1.165, 1.54) is 0 Å². The van der Waals surface area contributed by atoms with E-state index in [1.807, 2.05) is 6.92 Å². The number of Topliss-reactive ketones (excluding diaryl/α,β-unsaturated/α-hetero) is 1. The van der Waals surface area contributed by atoms with Gasteiger partial charge in [0.25, 0.3) is 0 Å². The first-order chi connectivity index (χ1) is 6.74. The molecular formula is C9H13N3OS. The van der Waals surface area contributed by atoms with Crippen molar-refractivity contribution in [2.45, 2.75) is 43.0 Å². The Balaban J connectivity index is 1.93. The van der Waals surface area contributed by atoms with Crippen molar-refractivity contribution in [2.24, 2.45) is 0 Å². The molecule has 1 aliphatic rings. The van der Waals surface area contributed by atoms with Crippen molar-refractivity contribution in [2.75, 3.05) is 0 Å². The van der Waals surface area contributed by atoms with E-state index in [1.54, 1.807) is 11.8 Å². The van der Waals surface area contributed by atoms with Crippen molar-refractivity contribution >= 4 is 17.5 Å². The van der Waals surface area contributed by atoms with Gasteiger partial charge in [0.2, 0.25) is 5.16 Å². The second-order valence-electron chi connectivity index (χ2n) is 3.58. The van der Waals surface area contributed by atoms with Gasteiger partial charge in [-0.25, -0.2) is 4.98 Å². The molecule has 0 radical (unpaired) electrons. The summed E-state index contributed by atoms with van der Waals surface area (Å²) in [5.74, 6) is 1.20. The van der Waals surface area contributed by atoms with Gasteiger partial charge >= 0.3 is 0 Å². The number of H-pyrrole nitrogens is 1. The minimum absolute atomic E-state index is 0.376. The van der Waals surface area contributed by atoms with Crippen molar-refractivity contribution in [1.29, 1.82) is 0 Å². The number of carbonyl (C=O) groups excluding carboxylic acids is 1. The fourth-order valence-corrected chi connectivity index (χ4v) is 2.75. The third-order valence-corrected chi connectivity index (χ3v) is 3.41. The van der Waals surface area contributed by atoms with Gasteiger partial charge < -0.3 is 0 Å². The SMILES string of the molecule is Cc1nc(SC2CCCC(=O)C2)n[nH]1. The molecule has 1 aromatic rings. The zero-order valence-electron chi connectivity index (χ0n) is 8.12. The summed E-state index contributed by atoms with van der Waals surface area (Å²) in [6, 6.07) is 0. The third-order valence-electron chi connectivity index (χ3n) is 2.29. The van der Waals surface area contributed by atoms with Gasteiger partial charge in [-0.15, -0.1) is 5.10 Å². The number of thioether (sulfide) groups is 1. The molecule has 2 rings (SSSR count). The van der Waals surface area contributed by atoms with Crippen LogP contribution in [0.1, 0.15) is 31.5 Å². The van der Waals surface area contributed by atoms with Gasteiger partial charge in [0.05, 0.1) is 0 Å². The molecule has 1 N–H and O–H groups in total. The number of ketones is 1. The lowest BCUT2D eigenvalue weighted by Gasteiger charge is -2.18. The number of aryl methyl sites for hydroxylation is 1. The van der Waals surface area contributed by atoms with Crippen LogP contribution in [0.5, 0.6) is 0 Å². The lowest BCUT2D eigenvalue weighted by Crippen LogP contribution is -2.16. The Morgan fingerprint density at radius 2 is 2.43 bits per heavy atom. The first kappa shape index (κ1) is 9.71. The van der Waals surface area contributed by atoms with Crippen LogP contribution >= 0.6 is 11.8 Å². The molecule has 1 unspecified atom stereocenters. The molecule has 1 aliphatic carbocycles. The molecule has 0 spiro atoms. The Morgan fingerprint density at radius 3 is 3.07 bits per heavy atom. The van der Waals surface area contributed by atoms with Crippen LogP contribution in [0, 0.1) is 6.92 Å². The maximum Gasteiger partial charge on any atom is 0.208 e. The van der Waals surface area contributed by atoms with E-state index in [0.717, 1.165) is 30.2 Å². The van der Waals surface area contributed by atoms with Crippen molar-refractivity contribution in [3.8, 4) is 0 Å². The Labute approximate surface area is 86.9 Å². The molecule has 1 heterocycles. The van der Waals surface area contributed by atoms with Crippen LogP contribution in [0.3, 0.4) is 0 Å². The van der Waals surface area contributed by atoms with Crippen LogP contribution in [0.25, 0.3) is 0 Å². The highest BCUT2D eigenvalue weighted by Crippen LogP contribution is 2.30. The van der Waals surface area contributed by atoms with Gasteiger partial charge in [0, 0.05) is 18.1 Å². The lowest BCUT2D eigenvalue weighted by molar-refractivity contribution is -0.120. The second-order valence-corrected chi connectivity index (χ2v) is 4.85. The van der Waals surface area contributed by atoms with Crippen LogP contribution in [0.4, 0.5) is 0 Å². The van der Waals surface area contributed by atoms with Crippen LogP contribution in [0.2, 0.25) is 0 Å². The highest BCUT2D eigenvalue weighted by molar-refractivity contribution is 7.99. The molecule has 1 saturated carbocycles. The molecule has 1 atom stereocenters. The highest BCUT2D eigenvalue weighted by Gasteiger charge is 2.21. The summed E-state index contributed by atoms with van der Waals surface area (Å²) < 4.78 is 0. The Bertz CT molecular complexity index is 337. The van der Waals surface area contributed by atoms with E-state index in [-0.39, 0.29) is 0 Å². The van der Waals surface area contributed by atoms with E-state index in [2.05, 4.69) is 15.2 Å². The van der Waals surface area contributed by atoms with Crippen LogP contribution in [-0.4, -0.2) is 26.2 Å². The van der Waals surface area contributed by atoms with Gasteiger partial charge in [-0.3, -0.25) is 9.89 Å². The maximum absolute atomic E-state index is 11.2. The minimum Gasteiger partial charge on any atom is -0.300 e. The molecule has 0 bridgehead atoms. The summed E-state index contributed by atoms with van der Waals surface area (Å²) in [5.41, 5.74) is 0. The van der Waals surface area contributed by atoms with Crippen molar-refractivity contribution in [3.63, 3.8) is 0 Å². The van der Waals surface area contributed by atoms with Gasteiger partial charge in [-0.2, -0.15) is 0 Å². The summed E-state index contributed by atoms with van der Waals surface area (Å²) in [6.07, 6.45) is 3.55. The molecule has 1 aromatic heterocycles. The van der Waals surface area contributed by atoms with Gasteiger partial charge in [-0.1, -0.05) is 11.8 Å². The van der Waals surface area contributed by atoms with E-state index >= 15 is 0 Å². The molecule has 0 amide bonds. The number of hydrogen-bond donors (Lipinski definition) is 1. The minimum atomic E-state index is 0.376. The molecule has 0 aromatic carbocycles. The highest BCUT2D eigenvalue weighted by atomic mass is 32.2. The van der Waals surface area contributed by atoms with Gasteiger partial charge in [-0.05, 0) is 19.8 Å². The summed E-state index contributed by atoms with van der Waals surface area (Å²) in [6.45, 7) is 1.88. The zero-order chi connectivity index (χ0) is 9.97. The monoisotopic (exact) mass is 211 g/mol. The van der Waals surface area contributed by atoms with Crippen molar-refractivity contribution in [1.82, 2.24) is 15.2 Å². The number of nitrogens with zero attached hydrogens (tertiary/aromatic N) is 2. The predicted octanol–water partition coefficient (Wildman–Crippen LogP) is 1.72. The Morgan fingerprint density at radius 1 is 1.57 bits per heavy atom. The predicted molar refractivity (Wildman–Crippen MR) is 54.2 cm³/mol. The van der Waals surface area contributed by atoms with Gasteiger partial charge in [0.15, 0.2) is 0 Å². The first-order valence-corrected chi connectivity index (χ1v) is 5.69. The van der Waals surface area contributed by atoms with Crippen LogP contribution in [0.15, 0.2) is 5.16 Å². The topological polar surface area (TPSA) is 58.6 Å². The largest absolute Gasteiger partial charge is 0.300 e. The number of hydrogen-bond acceptors (Lipinski definition) is 4. The molecule has 5 heteroatoms. The summed E-state index contributed by atoms with van der Waals surface area (Å²) >= 11 is 1.61. The van der Waals surface area contributed by atoms with Crippen LogP contribution in [-0.2, 0) is 4.79 Å². The molecule has 1 fully saturated rings. The molecule has 4 nitrogen and oxygen atoms in total. The van der Waals surface area contributed by atoms with Crippen molar-refractivity contribution in [3.05, 3.63) is 5.82 Å². The lowest BCUT2D eigenvalue weighted by atomic mass is 9.99. The van der Waals surface area contributed by atoms with E-state index in [9.17, 15) is 4.79 Å². The molecule has 76 valence electrons. The fraction of sp³-hybridized carbons (Fsp3) is 0.667. The number of aromatic amines is 1. The smallest absolute Gasteiger partial charge is 0.208 e. The van der Waals surface area contributed by atoms with E-state index in [0.29, 0.717) is 17.5 Å². The quantitative estimate of drug-likeness (QED) is 0.809. The number of rotatable bonds is 2. The Kier molecular flexibility index (Phi) is 2.86. The number of carbonyl (C=O) groups is 1. The standard InChI is InChI=1S/C9H13N3OS/c1-6-10-9(12-11-6)14-8-4-2-3-7(13)5-8/h8H,2-5H2,1H3,(H,10,11,12). The van der Waals surface area contributed by atoms with E-state index in [4.69, 9.17) is 0 Å². The average molecular weight is 211 g/mol.